The van der Waals surface area contributed by atoms with E-state index in [2.05, 4.69) is 16.0 Å². The van der Waals surface area contributed by atoms with Crippen LogP contribution in [0.1, 0.15) is 58.8 Å². The predicted octanol–water partition coefficient (Wildman–Crippen LogP) is -0.590. The van der Waals surface area contributed by atoms with Crippen LogP contribution in [0, 0.1) is 5.92 Å². The number of ether oxygens (including phenoxy) is 1. The lowest BCUT2D eigenvalue weighted by molar-refractivity contribution is -0.149. The van der Waals surface area contributed by atoms with Gasteiger partial charge in [0.2, 0.25) is 17.7 Å². The number of likely N-dealkylation sites (N-methyl/N-ethyl adjacent to an activating group) is 1. The molecule has 0 spiro atoms. The van der Waals surface area contributed by atoms with Crippen molar-refractivity contribution in [1.29, 1.82) is 0 Å². The van der Waals surface area contributed by atoms with Crippen LogP contribution < -0.4 is 16.0 Å². The number of carbonyl (C=O) groups is 6. The van der Waals surface area contributed by atoms with Crippen LogP contribution in [0.15, 0.2) is 0 Å². The summed E-state index contributed by atoms with van der Waals surface area (Å²) >= 11 is 0. The maximum atomic E-state index is 13.5. The zero-order valence-electron chi connectivity index (χ0n) is 22.3. The molecule has 38 heavy (non-hydrogen) atoms. The molecule has 14 heteroatoms. The highest BCUT2D eigenvalue weighted by molar-refractivity contribution is 5.92. The van der Waals surface area contributed by atoms with Crippen molar-refractivity contribution in [2.45, 2.75) is 89.1 Å². The largest absolute Gasteiger partial charge is 0.481 e. The van der Waals surface area contributed by atoms with Crippen molar-refractivity contribution >= 4 is 35.6 Å². The number of carbonyl (C=O) groups excluding carboxylic acids is 3. The van der Waals surface area contributed by atoms with Crippen molar-refractivity contribution < 1.29 is 48.8 Å². The van der Waals surface area contributed by atoms with Gasteiger partial charge in [-0.3, -0.25) is 24.0 Å². The van der Waals surface area contributed by atoms with E-state index >= 15 is 0 Å². The van der Waals surface area contributed by atoms with Gasteiger partial charge in [-0.05, 0) is 38.6 Å². The Morgan fingerprint density at radius 1 is 0.947 bits per heavy atom. The fourth-order valence-corrected chi connectivity index (χ4v) is 4.51. The SMILES string of the molecule is CN[C@H](CC(C)C)C(=O)N[C@@H](CC(=O)O)C(=O)N1CCC[C@@H](OC)[C@H]1CCC(=O)N[C@@H](CC(=O)O)C(=O)O. The van der Waals surface area contributed by atoms with Gasteiger partial charge in [-0.2, -0.15) is 0 Å². The highest BCUT2D eigenvalue weighted by Crippen LogP contribution is 2.25. The normalized spacial score (nSPS) is 19.8. The number of rotatable bonds is 16. The molecule has 1 heterocycles. The molecule has 0 bridgehead atoms. The second-order valence-electron chi connectivity index (χ2n) is 9.74. The fourth-order valence-electron chi connectivity index (χ4n) is 4.51. The van der Waals surface area contributed by atoms with E-state index in [1.165, 1.54) is 12.0 Å². The van der Waals surface area contributed by atoms with Gasteiger partial charge in [-0.15, -0.1) is 0 Å². The minimum absolute atomic E-state index is 0.0513. The molecule has 0 unspecified atom stereocenters. The number of likely N-dealkylation sites (tertiary alicyclic amines) is 1. The molecule has 0 saturated carbocycles. The Hall–Kier alpha value is -3.26. The minimum Gasteiger partial charge on any atom is -0.481 e. The molecule has 14 nitrogen and oxygen atoms in total. The second-order valence-corrected chi connectivity index (χ2v) is 9.74. The standard InChI is InChI=1S/C24H40N4O10/c1-13(2)10-14(25-3)22(34)27-15(11-20(30)31)23(35)28-9-5-6-18(38-4)17(28)7-8-19(29)26-16(24(36)37)12-21(32)33/h13-18,25H,5-12H2,1-4H3,(H,26,29)(H,27,34)(H,30,31)(H,32,33)(H,36,37)/t14-,15+,16+,17-,18-/m1/s1. The van der Waals surface area contributed by atoms with Gasteiger partial charge in [0.15, 0.2) is 0 Å². The highest BCUT2D eigenvalue weighted by atomic mass is 16.5. The number of methoxy groups -OCH3 is 1. The molecule has 3 amide bonds. The number of nitrogens with zero attached hydrogens (tertiary/aromatic N) is 1. The molecule has 0 aromatic heterocycles. The predicted molar refractivity (Wildman–Crippen MR) is 133 cm³/mol. The second kappa shape index (κ2) is 15.9. The molecule has 6 N–H and O–H groups in total. The van der Waals surface area contributed by atoms with Crippen LogP contribution in [-0.4, -0.2) is 107 Å². The Bertz CT molecular complexity index is 865. The van der Waals surface area contributed by atoms with Gasteiger partial charge in [0.1, 0.15) is 12.1 Å². The summed E-state index contributed by atoms with van der Waals surface area (Å²) in [5, 5.41) is 35.0. The smallest absolute Gasteiger partial charge is 0.326 e. The molecular weight excluding hydrogens is 504 g/mol. The summed E-state index contributed by atoms with van der Waals surface area (Å²) in [4.78, 5) is 73.9. The minimum atomic E-state index is -1.61. The van der Waals surface area contributed by atoms with E-state index < -0.39 is 78.7 Å². The van der Waals surface area contributed by atoms with Gasteiger partial charge in [-0.1, -0.05) is 13.8 Å². The van der Waals surface area contributed by atoms with E-state index in [1.807, 2.05) is 13.8 Å². The molecule has 5 atom stereocenters. The van der Waals surface area contributed by atoms with Crippen LogP contribution in [0.5, 0.6) is 0 Å². The fraction of sp³-hybridized carbons (Fsp3) is 0.750. The zero-order valence-corrected chi connectivity index (χ0v) is 22.3. The average molecular weight is 545 g/mol. The van der Waals surface area contributed by atoms with Crippen molar-refractivity contribution in [2.75, 3.05) is 20.7 Å². The summed E-state index contributed by atoms with van der Waals surface area (Å²) in [6.07, 6.45) is -0.511. The Kier molecular flexibility index (Phi) is 13.7. The van der Waals surface area contributed by atoms with Crippen molar-refractivity contribution in [3.05, 3.63) is 0 Å². The number of hydrogen-bond acceptors (Lipinski definition) is 8. The molecule has 1 rings (SSSR count). The average Bonchev–Trinajstić information content (AvgIpc) is 2.83. The number of nitrogens with one attached hydrogen (secondary N) is 3. The number of hydrogen-bond donors (Lipinski definition) is 6. The Balaban J connectivity index is 3.06. The Labute approximate surface area is 221 Å². The number of carboxylic acids is 3. The van der Waals surface area contributed by atoms with Crippen molar-refractivity contribution in [2.24, 2.45) is 5.92 Å². The third-order valence-corrected chi connectivity index (χ3v) is 6.35. The highest BCUT2D eigenvalue weighted by Gasteiger charge is 2.39. The van der Waals surface area contributed by atoms with Crippen molar-refractivity contribution in [1.82, 2.24) is 20.9 Å². The van der Waals surface area contributed by atoms with E-state index in [-0.39, 0.29) is 25.3 Å². The first kappa shape index (κ1) is 32.8. The molecule has 0 radical (unpaired) electrons. The first-order chi connectivity index (χ1) is 17.8. The third kappa shape index (κ3) is 10.6. The number of amides is 3. The first-order valence-electron chi connectivity index (χ1n) is 12.6. The molecule has 1 fully saturated rings. The summed E-state index contributed by atoms with van der Waals surface area (Å²) in [6.45, 7) is 4.10. The van der Waals surface area contributed by atoms with E-state index in [1.54, 1.807) is 7.05 Å². The molecule has 0 aromatic carbocycles. The number of piperidine rings is 1. The molecular formula is C24H40N4O10. The molecule has 0 aliphatic carbocycles. The third-order valence-electron chi connectivity index (χ3n) is 6.35. The Morgan fingerprint density at radius 2 is 1.55 bits per heavy atom. The summed E-state index contributed by atoms with van der Waals surface area (Å²) < 4.78 is 5.52. The van der Waals surface area contributed by atoms with Gasteiger partial charge in [0.25, 0.3) is 0 Å². The van der Waals surface area contributed by atoms with Gasteiger partial charge in [0.05, 0.1) is 31.0 Å². The lowest BCUT2D eigenvalue weighted by Crippen LogP contribution is -2.59. The summed E-state index contributed by atoms with van der Waals surface area (Å²) in [6, 6.07) is -4.23. The molecule has 0 aromatic rings. The molecule has 1 aliphatic heterocycles. The lowest BCUT2D eigenvalue weighted by Gasteiger charge is -2.42. The van der Waals surface area contributed by atoms with Gasteiger partial charge < -0.3 is 40.9 Å². The maximum absolute atomic E-state index is 13.5. The monoisotopic (exact) mass is 544 g/mol. The van der Waals surface area contributed by atoms with Crippen LogP contribution in [0.4, 0.5) is 0 Å². The number of aliphatic carboxylic acids is 3. The molecule has 216 valence electrons. The van der Waals surface area contributed by atoms with Crippen LogP contribution in [0.3, 0.4) is 0 Å². The van der Waals surface area contributed by atoms with Crippen LogP contribution in [0.2, 0.25) is 0 Å². The quantitative estimate of drug-likeness (QED) is 0.144. The zero-order chi connectivity index (χ0) is 29.0. The van der Waals surface area contributed by atoms with Crippen molar-refractivity contribution in [3.63, 3.8) is 0 Å². The summed E-state index contributed by atoms with van der Waals surface area (Å²) in [5.41, 5.74) is 0. The first-order valence-corrected chi connectivity index (χ1v) is 12.6. The Morgan fingerprint density at radius 3 is 2.05 bits per heavy atom. The lowest BCUT2D eigenvalue weighted by atomic mass is 9.93. The molecule has 1 aliphatic rings. The van der Waals surface area contributed by atoms with Crippen molar-refractivity contribution in [3.8, 4) is 0 Å². The number of carboxylic acid groups (broad SMARTS) is 3. The van der Waals surface area contributed by atoms with E-state index in [4.69, 9.17) is 14.9 Å². The van der Waals surface area contributed by atoms with E-state index in [0.717, 1.165) is 0 Å². The van der Waals surface area contributed by atoms with Crippen LogP contribution in [0.25, 0.3) is 0 Å². The van der Waals surface area contributed by atoms with E-state index in [9.17, 15) is 33.9 Å². The van der Waals surface area contributed by atoms with Gasteiger partial charge >= 0.3 is 17.9 Å². The molecule has 1 saturated heterocycles. The van der Waals surface area contributed by atoms with Crippen LogP contribution in [-0.2, 0) is 33.5 Å². The van der Waals surface area contributed by atoms with E-state index in [0.29, 0.717) is 19.3 Å². The van der Waals surface area contributed by atoms with Crippen LogP contribution >= 0.6 is 0 Å². The summed E-state index contributed by atoms with van der Waals surface area (Å²) in [5.74, 6) is -5.83. The van der Waals surface area contributed by atoms with Gasteiger partial charge in [-0.25, -0.2) is 4.79 Å². The summed E-state index contributed by atoms with van der Waals surface area (Å²) in [7, 11) is 3.04. The topological polar surface area (TPSA) is 212 Å². The van der Waals surface area contributed by atoms with Gasteiger partial charge in [0, 0.05) is 20.1 Å². The maximum Gasteiger partial charge on any atom is 0.326 e.